The average molecular weight is 278 g/mol. The van der Waals surface area contributed by atoms with Gasteiger partial charge in [-0.2, -0.15) is 0 Å². The molecule has 1 unspecified atom stereocenters. The number of carboxylic acid groups (broad SMARTS) is 1. The van der Waals surface area contributed by atoms with E-state index in [0.29, 0.717) is 6.54 Å². The molecule has 0 aliphatic rings. The van der Waals surface area contributed by atoms with Gasteiger partial charge in [0.25, 0.3) is 0 Å². The monoisotopic (exact) mass is 278 g/mol. The molecule has 1 aromatic rings. The standard InChI is InChI=1S/C15H22N2O3/c1-11(2)17(10-13-6-4-5-7-16-13)14(18)8-12(3)9-15(19)20/h4-7,11-12H,8-10H2,1-3H3,(H,19,20). The highest BCUT2D eigenvalue weighted by Gasteiger charge is 2.21. The molecule has 1 rings (SSSR count). The number of aromatic nitrogens is 1. The number of amides is 1. The maximum absolute atomic E-state index is 12.3. The van der Waals surface area contributed by atoms with Crippen molar-refractivity contribution in [2.24, 2.45) is 5.92 Å². The van der Waals surface area contributed by atoms with Crippen molar-refractivity contribution in [3.8, 4) is 0 Å². The average Bonchev–Trinajstić information content (AvgIpc) is 2.35. The fourth-order valence-corrected chi connectivity index (χ4v) is 2.01. The molecule has 0 aliphatic carbocycles. The van der Waals surface area contributed by atoms with E-state index < -0.39 is 5.97 Å². The third-order valence-electron chi connectivity index (χ3n) is 3.05. The second-order valence-electron chi connectivity index (χ2n) is 5.34. The predicted molar refractivity (Wildman–Crippen MR) is 76.0 cm³/mol. The van der Waals surface area contributed by atoms with Gasteiger partial charge in [0.1, 0.15) is 0 Å². The van der Waals surface area contributed by atoms with Crippen LogP contribution in [0.4, 0.5) is 0 Å². The van der Waals surface area contributed by atoms with E-state index in [1.54, 1.807) is 18.0 Å². The second-order valence-corrected chi connectivity index (χ2v) is 5.34. The first-order valence-corrected chi connectivity index (χ1v) is 6.81. The molecule has 5 heteroatoms. The molecule has 0 saturated heterocycles. The first-order chi connectivity index (χ1) is 9.40. The van der Waals surface area contributed by atoms with E-state index in [2.05, 4.69) is 4.98 Å². The van der Waals surface area contributed by atoms with Crippen LogP contribution in [0, 0.1) is 5.92 Å². The molecule has 0 bridgehead atoms. The first kappa shape index (κ1) is 16.1. The summed E-state index contributed by atoms with van der Waals surface area (Å²) in [5.41, 5.74) is 0.834. The van der Waals surface area contributed by atoms with Gasteiger partial charge in [0.2, 0.25) is 5.91 Å². The molecule has 1 aromatic heterocycles. The number of aliphatic carboxylic acids is 1. The number of carbonyl (C=O) groups is 2. The van der Waals surface area contributed by atoms with E-state index in [4.69, 9.17) is 5.11 Å². The Labute approximate surface area is 119 Å². The Hall–Kier alpha value is -1.91. The Morgan fingerprint density at radius 1 is 1.25 bits per heavy atom. The molecule has 1 amide bonds. The molecule has 0 aromatic carbocycles. The van der Waals surface area contributed by atoms with Crippen LogP contribution in [0.3, 0.4) is 0 Å². The number of hydrogen-bond acceptors (Lipinski definition) is 3. The number of pyridine rings is 1. The molecule has 5 nitrogen and oxygen atoms in total. The van der Waals surface area contributed by atoms with Gasteiger partial charge in [-0.15, -0.1) is 0 Å². The van der Waals surface area contributed by atoms with E-state index in [1.165, 1.54) is 0 Å². The smallest absolute Gasteiger partial charge is 0.303 e. The predicted octanol–water partition coefficient (Wildman–Crippen LogP) is 2.32. The summed E-state index contributed by atoms with van der Waals surface area (Å²) in [6.45, 7) is 6.13. The minimum Gasteiger partial charge on any atom is -0.481 e. The van der Waals surface area contributed by atoms with Crippen LogP contribution in [0.15, 0.2) is 24.4 Å². The highest BCUT2D eigenvalue weighted by atomic mass is 16.4. The first-order valence-electron chi connectivity index (χ1n) is 6.81. The Balaban J connectivity index is 2.66. The summed E-state index contributed by atoms with van der Waals surface area (Å²) in [4.78, 5) is 28.9. The van der Waals surface area contributed by atoms with Crippen molar-refractivity contribution >= 4 is 11.9 Å². The summed E-state index contributed by atoms with van der Waals surface area (Å²) >= 11 is 0. The zero-order valence-corrected chi connectivity index (χ0v) is 12.2. The molecule has 1 N–H and O–H groups in total. The zero-order valence-electron chi connectivity index (χ0n) is 12.2. The molecule has 0 spiro atoms. The lowest BCUT2D eigenvalue weighted by Crippen LogP contribution is -2.37. The molecule has 1 heterocycles. The SMILES string of the molecule is CC(CC(=O)O)CC(=O)N(Cc1ccccn1)C(C)C. The largest absolute Gasteiger partial charge is 0.481 e. The van der Waals surface area contributed by atoms with Crippen LogP contribution >= 0.6 is 0 Å². The zero-order chi connectivity index (χ0) is 15.1. The highest BCUT2D eigenvalue weighted by Crippen LogP contribution is 2.14. The maximum Gasteiger partial charge on any atom is 0.303 e. The van der Waals surface area contributed by atoms with Crippen molar-refractivity contribution in [2.45, 2.75) is 46.2 Å². The molecule has 1 atom stereocenters. The van der Waals surface area contributed by atoms with E-state index in [0.717, 1.165) is 5.69 Å². The van der Waals surface area contributed by atoms with Gasteiger partial charge in [0, 0.05) is 25.1 Å². The molecule has 0 radical (unpaired) electrons. The van der Waals surface area contributed by atoms with E-state index in [-0.39, 0.29) is 30.7 Å². The molecule has 0 saturated carbocycles. The lowest BCUT2D eigenvalue weighted by atomic mass is 10.0. The van der Waals surface area contributed by atoms with Gasteiger partial charge in [-0.25, -0.2) is 0 Å². The molecule has 0 aliphatic heterocycles. The molecule has 0 fully saturated rings. The van der Waals surface area contributed by atoms with E-state index >= 15 is 0 Å². The molecule has 110 valence electrons. The van der Waals surface area contributed by atoms with Gasteiger partial charge in [-0.3, -0.25) is 14.6 Å². The Morgan fingerprint density at radius 3 is 2.45 bits per heavy atom. The Bertz CT molecular complexity index is 446. The lowest BCUT2D eigenvalue weighted by molar-refractivity contribution is -0.139. The summed E-state index contributed by atoms with van der Waals surface area (Å²) < 4.78 is 0. The summed E-state index contributed by atoms with van der Waals surface area (Å²) in [6.07, 6.45) is 1.96. The highest BCUT2D eigenvalue weighted by molar-refractivity contribution is 5.77. The summed E-state index contributed by atoms with van der Waals surface area (Å²) in [5, 5.41) is 8.74. The van der Waals surface area contributed by atoms with Crippen molar-refractivity contribution in [3.63, 3.8) is 0 Å². The van der Waals surface area contributed by atoms with Crippen LogP contribution in [0.25, 0.3) is 0 Å². The summed E-state index contributed by atoms with van der Waals surface area (Å²) in [6, 6.07) is 5.66. The van der Waals surface area contributed by atoms with Gasteiger partial charge < -0.3 is 10.0 Å². The second kappa shape index (κ2) is 7.62. The third kappa shape index (κ3) is 5.38. The van der Waals surface area contributed by atoms with Crippen LogP contribution in [0.5, 0.6) is 0 Å². The van der Waals surface area contributed by atoms with Crippen molar-refractivity contribution in [1.29, 1.82) is 0 Å². The minimum absolute atomic E-state index is 0.0151. The molecule has 20 heavy (non-hydrogen) atoms. The molecular weight excluding hydrogens is 256 g/mol. The topological polar surface area (TPSA) is 70.5 Å². The number of carboxylic acids is 1. The van der Waals surface area contributed by atoms with Crippen LogP contribution in [-0.2, 0) is 16.1 Å². The van der Waals surface area contributed by atoms with Crippen molar-refractivity contribution in [2.75, 3.05) is 0 Å². The Kier molecular flexibility index (Phi) is 6.15. The van der Waals surface area contributed by atoms with Gasteiger partial charge in [-0.1, -0.05) is 13.0 Å². The van der Waals surface area contributed by atoms with Crippen molar-refractivity contribution < 1.29 is 14.7 Å². The lowest BCUT2D eigenvalue weighted by Gasteiger charge is -2.27. The normalized spacial score (nSPS) is 12.2. The number of hydrogen-bond donors (Lipinski definition) is 1. The number of rotatable bonds is 7. The van der Waals surface area contributed by atoms with Gasteiger partial charge >= 0.3 is 5.97 Å². The Morgan fingerprint density at radius 2 is 1.95 bits per heavy atom. The molecular formula is C15H22N2O3. The number of nitrogens with zero attached hydrogens (tertiary/aromatic N) is 2. The third-order valence-corrected chi connectivity index (χ3v) is 3.05. The quantitative estimate of drug-likeness (QED) is 0.831. The van der Waals surface area contributed by atoms with E-state index in [9.17, 15) is 9.59 Å². The van der Waals surface area contributed by atoms with Crippen LogP contribution in [0.2, 0.25) is 0 Å². The fraction of sp³-hybridized carbons (Fsp3) is 0.533. The minimum atomic E-state index is -0.869. The summed E-state index contributed by atoms with van der Waals surface area (Å²) in [7, 11) is 0. The van der Waals surface area contributed by atoms with Gasteiger partial charge in [-0.05, 0) is 31.9 Å². The summed E-state index contributed by atoms with van der Waals surface area (Å²) in [5.74, 6) is -1.06. The fourth-order valence-electron chi connectivity index (χ4n) is 2.01. The maximum atomic E-state index is 12.3. The van der Waals surface area contributed by atoms with Crippen LogP contribution in [0.1, 0.15) is 39.3 Å². The van der Waals surface area contributed by atoms with Crippen LogP contribution < -0.4 is 0 Å². The van der Waals surface area contributed by atoms with Crippen molar-refractivity contribution in [3.05, 3.63) is 30.1 Å². The van der Waals surface area contributed by atoms with Gasteiger partial charge in [0.15, 0.2) is 0 Å². The van der Waals surface area contributed by atoms with Crippen molar-refractivity contribution in [1.82, 2.24) is 9.88 Å². The van der Waals surface area contributed by atoms with Crippen LogP contribution in [-0.4, -0.2) is 32.9 Å². The number of carbonyl (C=O) groups excluding carboxylic acids is 1. The van der Waals surface area contributed by atoms with Gasteiger partial charge in [0.05, 0.1) is 12.2 Å². The van der Waals surface area contributed by atoms with E-state index in [1.807, 2.05) is 32.0 Å².